The Bertz CT molecular complexity index is 1040. The van der Waals surface area contributed by atoms with Crippen molar-refractivity contribution < 1.29 is 9.53 Å². The molecule has 2 aliphatic rings. The number of fused-ring (bicyclic) bond motifs is 1. The van der Waals surface area contributed by atoms with Gasteiger partial charge in [-0.05, 0) is 39.2 Å². The van der Waals surface area contributed by atoms with Crippen molar-refractivity contribution >= 4 is 23.6 Å². The summed E-state index contributed by atoms with van der Waals surface area (Å²) in [5.74, 6) is 0.774. The van der Waals surface area contributed by atoms with E-state index < -0.39 is 0 Å². The smallest absolute Gasteiger partial charge is 0.239 e. The summed E-state index contributed by atoms with van der Waals surface area (Å²) in [6.07, 6.45) is 5.35. The summed E-state index contributed by atoms with van der Waals surface area (Å²) in [4.78, 5) is 19.0. The Morgan fingerprint density at radius 3 is 2.94 bits per heavy atom. The number of hydrogen-bond acceptors (Lipinski definition) is 8. The first-order valence-electron chi connectivity index (χ1n) is 12.6. The lowest BCUT2D eigenvalue weighted by Gasteiger charge is -2.31. The van der Waals surface area contributed by atoms with Gasteiger partial charge in [0.2, 0.25) is 5.91 Å². The number of carbonyl (C=O) groups is 1. The van der Waals surface area contributed by atoms with Gasteiger partial charge < -0.3 is 31.0 Å². The minimum atomic E-state index is -0.224. The number of aromatic nitrogens is 3. The second kappa shape index (κ2) is 11.6. The van der Waals surface area contributed by atoms with Crippen molar-refractivity contribution in [1.29, 1.82) is 5.41 Å². The van der Waals surface area contributed by atoms with Crippen LogP contribution >= 0.6 is 0 Å². The van der Waals surface area contributed by atoms with E-state index in [9.17, 15) is 4.79 Å². The number of carbonyl (C=O) groups excluding carboxylic acids is 1. The highest BCUT2D eigenvalue weighted by Crippen LogP contribution is 2.31. The fourth-order valence-electron chi connectivity index (χ4n) is 4.95. The van der Waals surface area contributed by atoms with Crippen molar-refractivity contribution in [3.63, 3.8) is 0 Å². The Kier molecular flexibility index (Phi) is 8.35. The van der Waals surface area contributed by atoms with Crippen molar-refractivity contribution in [3.05, 3.63) is 34.3 Å². The molecule has 10 heteroatoms. The van der Waals surface area contributed by atoms with E-state index in [-0.39, 0.29) is 11.9 Å². The molecule has 0 unspecified atom stereocenters. The molecule has 0 aliphatic carbocycles. The predicted molar refractivity (Wildman–Crippen MR) is 138 cm³/mol. The highest BCUT2D eigenvalue weighted by Gasteiger charge is 2.25. The number of nitrogens with one attached hydrogen (secondary N) is 4. The molecule has 4 N–H and O–H groups in total. The normalized spacial score (nSPS) is 17.7. The van der Waals surface area contributed by atoms with Crippen molar-refractivity contribution in [2.75, 3.05) is 50.1 Å². The topological polar surface area (TPSA) is 120 Å². The molecule has 0 bridgehead atoms. The summed E-state index contributed by atoms with van der Waals surface area (Å²) in [6.45, 7) is 9.19. The van der Waals surface area contributed by atoms with Crippen LogP contribution in [-0.4, -0.2) is 72.8 Å². The first-order chi connectivity index (χ1) is 17.0. The quantitative estimate of drug-likeness (QED) is 0.301. The number of rotatable bonds is 10. The van der Waals surface area contributed by atoms with E-state index in [0.717, 1.165) is 80.3 Å². The maximum absolute atomic E-state index is 12.1. The molecule has 1 amide bonds. The minimum Gasteiger partial charge on any atom is -0.378 e. The second-order valence-corrected chi connectivity index (χ2v) is 9.28. The molecule has 2 aromatic rings. The van der Waals surface area contributed by atoms with E-state index in [1.807, 2.05) is 14.0 Å². The average molecular weight is 483 g/mol. The maximum atomic E-state index is 12.1. The van der Waals surface area contributed by atoms with Gasteiger partial charge in [-0.2, -0.15) is 5.10 Å². The zero-order valence-corrected chi connectivity index (χ0v) is 21.1. The molecule has 0 spiro atoms. The van der Waals surface area contributed by atoms with E-state index in [2.05, 4.69) is 43.5 Å². The molecule has 1 fully saturated rings. The third-order valence-electron chi connectivity index (χ3n) is 6.81. The second-order valence-electron chi connectivity index (χ2n) is 9.28. The van der Waals surface area contributed by atoms with Gasteiger partial charge in [-0.15, -0.1) is 0 Å². The zero-order valence-electron chi connectivity index (χ0n) is 21.1. The van der Waals surface area contributed by atoms with Gasteiger partial charge >= 0.3 is 0 Å². The molecule has 2 aliphatic heterocycles. The number of pyridine rings is 1. The van der Waals surface area contributed by atoms with Gasteiger partial charge in [-0.1, -0.05) is 0 Å². The number of morpholine rings is 1. The van der Waals surface area contributed by atoms with E-state index in [1.54, 1.807) is 0 Å². The number of unbranched alkanes of at least 4 members (excludes halogenated alkanes) is 2. The number of amides is 1. The monoisotopic (exact) mass is 482 g/mol. The van der Waals surface area contributed by atoms with Gasteiger partial charge in [-0.3, -0.25) is 9.48 Å². The number of ether oxygens (including phenoxy) is 1. The van der Waals surface area contributed by atoms with Gasteiger partial charge in [0.1, 0.15) is 11.9 Å². The van der Waals surface area contributed by atoms with Crippen LogP contribution in [-0.2, 0) is 29.0 Å². The maximum Gasteiger partial charge on any atom is 0.239 e. The molecular formula is C25H38N8O2. The molecular weight excluding hydrogens is 444 g/mol. The van der Waals surface area contributed by atoms with E-state index >= 15 is 0 Å². The van der Waals surface area contributed by atoms with Crippen LogP contribution in [0.25, 0.3) is 0 Å². The molecule has 1 saturated heterocycles. The molecule has 0 radical (unpaired) electrons. The van der Waals surface area contributed by atoms with E-state index in [1.165, 1.54) is 17.5 Å². The Labute approximate surface area is 207 Å². The first kappa shape index (κ1) is 25.1. The Hall–Kier alpha value is -2.98. The van der Waals surface area contributed by atoms with Crippen LogP contribution in [0.2, 0.25) is 0 Å². The van der Waals surface area contributed by atoms with Gasteiger partial charge in [0.25, 0.3) is 0 Å². The largest absolute Gasteiger partial charge is 0.378 e. The van der Waals surface area contributed by atoms with Crippen molar-refractivity contribution in [1.82, 2.24) is 25.4 Å². The highest BCUT2D eigenvalue weighted by atomic mass is 16.5. The standard InChI is InChI=1S/C25H38N8O2/c1-17-13-23(19(14-26)24(27-3)30-17)32-11-7-22-20(15-32)18(2)31-33(22)10-6-4-5-8-29-25(34)21-16-35-12-9-28-21/h13-14,21,26,28H,4-12,15-16H2,1-3H3,(H,27,30)(H,29,34)/t21-/m1/s1. The summed E-state index contributed by atoms with van der Waals surface area (Å²) in [5, 5.41) is 22.1. The summed E-state index contributed by atoms with van der Waals surface area (Å²) >= 11 is 0. The van der Waals surface area contributed by atoms with Crippen molar-refractivity contribution in [2.24, 2.45) is 0 Å². The lowest BCUT2D eigenvalue weighted by atomic mass is 10.0. The fourth-order valence-corrected chi connectivity index (χ4v) is 4.95. The van der Waals surface area contributed by atoms with Gasteiger partial charge in [0, 0.05) is 69.4 Å². The molecule has 0 aromatic carbocycles. The average Bonchev–Trinajstić information content (AvgIpc) is 3.20. The number of nitrogens with zero attached hydrogens (tertiary/aromatic N) is 4. The SMILES string of the molecule is CNc1nc(C)cc(N2CCc3c(c(C)nn3CCCCCNC(=O)[C@H]3COCCN3)C2)c1C=N. The summed E-state index contributed by atoms with van der Waals surface area (Å²) in [6, 6.07) is 1.85. The van der Waals surface area contributed by atoms with Crippen LogP contribution < -0.4 is 20.9 Å². The molecule has 4 rings (SSSR count). The molecule has 2 aromatic heterocycles. The Balaban J connectivity index is 1.30. The van der Waals surface area contributed by atoms with Crippen molar-refractivity contribution in [3.8, 4) is 0 Å². The summed E-state index contributed by atoms with van der Waals surface area (Å²) in [5.41, 5.74) is 6.51. The highest BCUT2D eigenvalue weighted by molar-refractivity contribution is 5.92. The number of anilines is 2. The van der Waals surface area contributed by atoms with Crippen molar-refractivity contribution in [2.45, 2.75) is 58.7 Å². The van der Waals surface area contributed by atoms with E-state index in [0.29, 0.717) is 19.8 Å². The molecule has 190 valence electrons. The van der Waals surface area contributed by atoms with Crippen LogP contribution in [0.3, 0.4) is 0 Å². The van der Waals surface area contributed by atoms with Crippen LogP contribution in [0.4, 0.5) is 11.5 Å². The molecule has 4 heterocycles. The molecule has 1 atom stereocenters. The zero-order chi connectivity index (χ0) is 24.8. The third kappa shape index (κ3) is 5.82. The Morgan fingerprint density at radius 1 is 1.34 bits per heavy atom. The van der Waals surface area contributed by atoms with Gasteiger partial charge in [0.05, 0.1) is 30.2 Å². The van der Waals surface area contributed by atoms with Crippen LogP contribution in [0.15, 0.2) is 6.07 Å². The van der Waals surface area contributed by atoms with E-state index in [4.69, 9.17) is 15.2 Å². The minimum absolute atomic E-state index is 0.0310. The van der Waals surface area contributed by atoms with Crippen LogP contribution in [0.5, 0.6) is 0 Å². The first-order valence-corrected chi connectivity index (χ1v) is 12.6. The third-order valence-corrected chi connectivity index (χ3v) is 6.81. The predicted octanol–water partition coefficient (Wildman–Crippen LogP) is 1.77. The molecule has 0 saturated carbocycles. The number of hydrogen-bond donors (Lipinski definition) is 4. The van der Waals surface area contributed by atoms with Crippen LogP contribution in [0, 0.1) is 19.3 Å². The summed E-state index contributed by atoms with van der Waals surface area (Å²) in [7, 11) is 1.85. The lowest BCUT2D eigenvalue weighted by Crippen LogP contribution is -2.51. The lowest BCUT2D eigenvalue weighted by molar-refractivity contribution is -0.125. The van der Waals surface area contributed by atoms with Gasteiger partial charge in [-0.25, -0.2) is 4.98 Å². The number of aryl methyl sites for hydroxylation is 3. The molecule has 10 nitrogen and oxygen atoms in total. The summed E-state index contributed by atoms with van der Waals surface area (Å²) < 4.78 is 7.53. The van der Waals surface area contributed by atoms with Gasteiger partial charge in [0.15, 0.2) is 0 Å². The molecule has 35 heavy (non-hydrogen) atoms. The Morgan fingerprint density at radius 2 is 2.20 bits per heavy atom. The van der Waals surface area contributed by atoms with Crippen LogP contribution in [0.1, 0.15) is 47.5 Å². The fraction of sp³-hybridized carbons (Fsp3) is 0.600.